The van der Waals surface area contributed by atoms with Crippen LogP contribution in [0.25, 0.3) is 0 Å². The fourth-order valence-electron chi connectivity index (χ4n) is 2.19. The van der Waals surface area contributed by atoms with Crippen LogP contribution in [0.2, 0.25) is 5.02 Å². The minimum atomic E-state index is -0.0601. The zero-order chi connectivity index (χ0) is 13.1. The Labute approximate surface area is 125 Å². The van der Waals surface area contributed by atoms with Crippen LogP contribution in [0.15, 0.2) is 18.2 Å². The fraction of sp³-hybridized carbons (Fsp3) is 0.462. The standard InChI is InChI=1S/C13H15ClINO2/c1-18-10-4-3-9(7-10)16-13(17)8-2-5-12(15)11(14)6-8/h2,5-6,9-10H,3-4,7H2,1H3,(H,16,17). The summed E-state index contributed by atoms with van der Waals surface area (Å²) in [5.41, 5.74) is 0.612. The molecule has 1 aromatic rings. The van der Waals surface area contributed by atoms with Crippen molar-refractivity contribution in [1.29, 1.82) is 0 Å². The molecular weight excluding hydrogens is 365 g/mol. The zero-order valence-electron chi connectivity index (χ0n) is 10.1. The van der Waals surface area contributed by atoms with E-state index in [0.29, 0.717) is 10.6 Å². The lowest BCUT2D eigenvalue weighted by molar-refractivity contribution is 0.0915. The highest BCUT2D eigenvalue weighted by atomic mass is 127. The Balaban J connectivity index is 1.97. The van der Waals surface area contributed by atoms with Crippen LogP contribution in [0.5, 0.6) is 0 Å². The number of ether oxygens (including phenoxy) is 1. The summed E-state index contributed by atoms with van der Waals surface area (Å²) < 4.78 is 6.24. The van der Waals surface area contributed by atoms with E-state index in [1.54, 1.807) is 19.2 Å². The lowest BCUT2D eigenvalue weighted by Crippen LogP contribution is -2.33. The molecule has 3 nitrogen and oxygen atoms in total. The Bertz CT molecular complexity index is 453. The van der Waals surface area contributed by atoms with E-state index in [4.69, 9.17) is 16.3 Å². The van der Waals surface area contributed by atoms with Crippen molar-refractivity contribution in [2.24, 2.45) is 0 Å². The molecular formula is C13H15ClINO2. The maximum absolute atomic E-state index is 12.0. The second-order valence-electron chi connectivity index (χ2n) is 4.47. The van der Waals surface area contributed by atoms with Crippen LogP contribution >= 0.6 is 34.2 Å². The van der Waals surface area contributed by atoms with Crippen LogP contribution in [-0.2, 0) is 4.74 Å². The summed E-state index contributed by atoms with van der Waals surface area (Å²) >= 11 is 8.15. The SMILES string of the molecule is COC1CCC(NC(=O)c2ccc(I)c(Cl)c2)C1. The second kappa shape index (κ2) is 6.21. The summed E-state index contributed by atoms with van der Waals surface area (Å²) in [6, 6.07) is 5.57. The molecule has 18 heavy (non-hydrogen) atoms. The first-order valence-electron chi connectivity index (χ1n) is 5.89. The summed E-state index contributed by atoms with van der Waals surface area (Å²) in [5, 5.41) is 3.64. The third-order valence-corrected chi connectivity index (χ3v) is 4.81. The molecule has 1 fully saturated rings. The minimum Gasteiger partial charge on any atom is -0.381 e. The number of benzene rings is 1. The highest BCUT2D eigenvalue weighted by molar-refractivity contribution is 14.1. The van der Waals surface area contributed by atoms with Crippen molar-refractivity contribution in [3.05, 3.63) is 32.4 Å². The van der Waals surface area contributed by atoms with Crippen molar-refractivity contribution >= 4 is 40.1 Å². The van der Waals surface area contributed by atoms with E-state index in [0.717, 1.165) is 22.8 Å². The minimum absolute atomic E-state index is 0.0601. The van der Waals surface area contributed by atoms with Crippen molar-refractivity contribution in [2.75, 3.05) is 7.11 Å². The molecule has 1 aliphatic rings. The number of methoxy groups -OCH3 is 1. The number of carbonyl (C=O) groups is 1. The number of rotatable bonds is 3. The van der Waals surface area contributed by atoms with Crippen molar-refractivity contribution in [3.8, 4) is 0 Å². The Morgan fingerprint density at radius 1 is 1.50 bits per heavy atom. The summed E-state index contributed by atoms with van der Waals surface area (Å²) in [5.74, 6) is -0.0601. The van der Waals surface area contributed by atoms with Gasteiger partial charge in [0.1, 0.15) is 0 Å². The van der Waals surface area contributed by atoms with E-state index in [2.05, 4.69) is 27.9 Å². The maximum Gasteiger partial charge on any atom is 0.251 e. The molecule has 98 valence electrons. The highest BCUT2D eigenvalue weighted by Crippen LogP contribution is 2.23. The molecule has 1 saturated carbocycles. The van der Waals surface area contributed by atoms with Crippen LogP contribution < -0.4 is 5.32 Å². The van der Waals surface area contributed by atoms with Gasteiger partial charge in [0.05, 0.1) is 11.1 Å². The topological polar surface area (TPSA) is 38.3 Å². The molecule has 1 aliphatic carbocycles. The van der Waals surface area contributed by atoms with Crippen molar-refractivity contribution in [3.63, 3.8) is 0 Å². The molecule has 0 aromatic heterocycles. The van der Waals surface area contributed by atoms with Gasteiger partial charge >= 0.3 is 0 Å². The number of amides is 1. The zero-order valence-corrected chi connectivity index (χ0v) is 13.0. The Kier molecular flexibility index (Phi) is 4.86. The maximum atomic E-state index is 12.0. The molecule has 0 heterocycles. The fourth-order valence-corrected chi connectivity index (χ4v) is 2.71. The second-order valence-corrected chi connectivity index (χ2v) is 6.04. The summed E-state index contributed by atoms with van der Waals surface area (Å²) in [6.45, 7) is 0. The number of carbonyl (C=O) groups excluding carboxylic acids is 1. The predicted molar refractivity (Wildman–Crippen MR) is 80.1 cm³/mol. The van der Waals surface area contributed by atoms with Crippen molar-refractivity contribution in [1.82, 2.24) is 5.32 Å². The lowest BCUT2D eigenvalue weighted by atomic mass is 10.2. The molecule has 2 atom stereocenters. The monoisotopic (exact) mass is 379 g/mol. The smallest absolute Gasteiger partial charge is 0.251 e. The van der Waals surface area contributed by atoms with Gasteiger partial charge in [0.2, 0.25) is 0 Å². The third-order valence-electron chi connectivity index (χ3n) is 3.23. The van der Waals surface area contributed by atoms with E-state index in [1.807, 2.05) is 6.07 Å². The first-order valence-corrected chi connectivity index (χ1v) is 7.34. The van der Waals surface area contributed by atoms with E-state index in [9.17, 15) is 4.79 Å². The Hall–Kier alpha value is -0.330. The predicted octanol–water partition coefficient (Wildman–Crippen LogP) is 3.24. The largest absolute Gasteiger partial charge is 0.381 e. The summed E-state index contributed by atoms with van der Waals surface area (Å²) in [6.07, 6.45) is 3.15. The number of hydrogen-bond acceptors (Lipinski definition) is 2. The molecule has 5 heteroatoms. The van der Waals surface area contributed by atoms with E-state index in [1.165, 1.54) is 0 Å². The molecule has 1 N–H and O–H groups in total. The van der Waals surface area contributed by atoms with Gasteiger partial charge in [-0.2, -0.15) is 0 Å². The van der Waals surface area contributed by atoms with Crippen LogP contribution in [0.4, 0.5) is 0 Å². The number of nitrogens with one attached hydrogen (secondary N) is 1. The van der Waals surface area contributed by atoms with E-state index in [-0.39, 0.29) is 18.1 Å². The first-order chi connectivity index (χ1) is 8.60. The molecule has 0 aliphatic heterocycles. The normalized spacial score (nSPS) is 23.1. The first kappa shape index (κ1) is 14.1. The quantitative estimate of drug-likeness (QED) is 0.819. The molecule has 2 unspecified atom stereocenters. The van der Waals surface area contributed by atoms with Gasteiger partial charge in [0.15, 0.2) is 0 Å². The van der Waals surface area contributed by atoms with Gasteiger partial charge in [-0.25, -0.2) is 0 Å². The van der Waals surface area contributed by atoms with Gasteiger partial charge in [-0.05, 0) is 60.1 Å². The average Bonchev–Trinajstić information content (AvgIpc) is 2.80. The molecule has 0 radical (unpaired) electrons. The number of halogens is 2. The van der Waals surface area contributed by atoms with Gasteiger partial charge < -0.3 is 10.1 Å². The molecule has 0 spiro atoms. The highest BCUT2D eigenvalue weighted by Gasteiger charge is 2.25. The van der Waals surface area contributed by atoms with Crippen LogP contribution in [-0.4, -0.2) is 25.2 Å². The molecule has 0 bridgehead atoms. The summed E-state index contributed by atoms with van der Waals surface area (Å²) in [7, 11) is 1.72. The third kappa shape index (κ3) is 3.36. The van der Waals surface area contributed by atoms with Gasteiger partial charge in [-0.3, -0.25) is 4.79 Å². The van der Waals surface area contributed by atoms with Gasteiger partial charge in [0, 0.05) is 22.3 Å². The van der Waals surface area contributed by atoms with Crippen LogP contribution in [0.3, 0.4) is 0 Å². The van der Waals surface area contributed by atoms with Crippen molar-refractivity contribution < 1.29 is 9.53 Å². The van der Waals surface area contributed by atoms with Gasteiger partial charge in [0.25, 0.3) is 5.91 Å². The van der Waals surface area contributed by atoms with Gasteiger partial charge in [-0.1, -0.05) is 11.6 Å². The molecule has 1 amide bonds. The number of hydrogen-bond donors (Lipinski definition) is 1. The summed E-state index contributed by atoms with van der Waals surface area (Å²) in [4.78, 5) is 12.0. The van der Waals surface area contributed by atoms with Gasteiger partial charge in [-0.15, -0.1) is 0 Å². The van der Waals surface area contributed by atoms with Crippen molar-refractivity contribution in [2.45, 2.75) is 31.4 Å². The van der Waals surface area contributed by atoms with Crippen LogP contribution in [0, 0.1) is 3.57 Å². The molecule has 0 saturated heterocycles. The lowest BCUT2D eigenvalue weighted by Gasteiger charge is -2.13. The van der Waals surface area contributed by atoms with E-state index < -0.39 is 0 Å². The average molecular weight is 380 g/mol. The Morgan fingerprint density at radius 3 is 2.89 bits per heavy atom. The molecule has 1 aromatic carbocycles. The molecule has 2 rings (SSSR count). The Morgan fingerprint density at radius 2 is 2.28 bits per heavy atom. The van der Waals surface area contributed by atoms with E-state index >= 15 is 0 Å². The van der Waals surface area contributed by atoms with Crippen LogP contribution in [0.1, 0.15) is 29.6 Å².